The van der Waals surface area contributed by atoms with Crippen LogP contribution in [-0.4, -0.2) is 16.1 Å². The number of aromatic nitrogens is 1. The molecule has 70 valence electrons. The number of aromatic carboxylic acids is 1. The van der Waals surface area contributed by atoms with Crippen molar-refractivity contribution < 1.29 is 9.90 Å². The lowest BCUT2D eigenvalue weighted by Gasteiger charge is -1.98. The van der Waals surface area contributed by atoms with Crippen LogP contribution in [0.3, 0.4) is 0 Å². The second-order valence-electron chi connectivity index (χ2n) is 2.71. The van der Waals surface area contributed by atoms with Gasteiger partial charge in [-0.1, -0.05) is 6.07 Å². The van der Waals surface area contributed by atoms with E-state index in [0.29, 0.717) is 4.88 Å². The molecule has 1 N–H and O–H groups in total. The predicted octanol–water partition coefficient (Wildman–Crippen LogP) is 2.51. The van der Waals surface area contributed by atoms with E-state index in [2.05, 4.69) is 4.98 Å². The first-order valence-corrected chi connectivity index (χ1v) is 4.88. The Bertz CT molecular complexity index is 450. The van der Waals surface area contributed by atoms with Gasteiger partial charge in [-0.05, 0) is 17.5 Å². The summed E-state index contributed by atoms with van der Waals surface area (Å²) in [5.74, 6) is -0.890. The first kappa shape index (κ1) is 8.90. The number of hydrogen-bond donors (Lipinski definition) is 1. The molecule has 0 atom stereocenters. The van der Waals surface area contributed by atoms with E-state index in [1.165, 1.54) is 11.3 Å². The average molecular weight is 205 g/mol. The number of carboxylic acids is 1. The lowest BCUT2D eigenvalue weighted by atomic mass is 10.1. The van der Waals surface area contributed by atoms with Crippen molar-refractivity contribution in [3.05, 3.63) is 40.8 Å². The monoisotopic (exact) mass is 205 g/mol. The molecule has 4 heteroatoms. The van der Waals surface area contributed by atoms with Gasteiger partial charge in [-0.2, -0.15) is 0 Å². The van der Waals surface area contributed by atoms with Crippen LogP contribution in [0.4, 0.5) is 0 Å². The Hall–Kier alpha value is -1.68. The molecule has 0 aliphatic rings. The van der Waals surface area contributed by atoms with Gasteiger partial charge in [0.05, 0.1) is 0 Å². The fraction of sp³-hybridized carbons (Fsp3) is 0. The van der Waals surface area contributed by atoms with E-state index < -0.39 is 5.97 Å². The summed E-state index contributed by atoms with van der Waals surface area (Å²) < 4.78 is 0. The third-order valence-electron chi connectivity index (χ3n) is 1.83. The van der Waals surface area contributed by atoms with Crippen LogP contribution in [0, 0.1) is 0 Å². The van der Waals surface area contributed by atoms with E-state index >= 15 is 0 Å². The summed E-state index contributed by atoms with van der Waals surface area (Å²) >= 11 is 1.23. The molecule has 0 aliphatic carbocycles. The van der Waals surface area contributed by atoms with Crippen LogP contribution in [-0.2, 0) is 0 Å². The Kier molecular flexibility index (Phi) is 2.28. The van der Waals surface area contributed by atoms with Crippen molar-refractivity contribution in [3.8, 4) is 11.1 Å². The Labute approximate surface area is 84.7 Å². The smallest absolute Gasteiger partial charge is 0.346 e. The summed E-state index contributed by atoms with van der Waals surface area (Å²) in [4.78, 5) is 15.2. The Balaban J connectivity index is 2.52. The van der Waals surface area contributed by atoms with E-state index in [9.17, 15) is 4.79 Å². The number of carbonyl (C=O) groups is 1. The van der Waals surface area contributed by atoms with Gasteiger partial charge in [-0.25, -0.2) is 4.79 Å². The maximum absolute atomic E-state index is 10.8. The number of pyridine rings is 1. The minimum Gasteiger partial charge on any atom is -0.477 e. The molecule has 0 saturated heterocycles. The highest BCUT2D eigenvalue weighted by Crippen LogP contribution is 2.27. The molecule has 0 saturated carbocycles. The van der Waals surface area contributed by atoms with Crippen LogP contribution < -0.4 is 0 Å². The molecule has 3 nitrogen and oxygen atoms in total. The summed E-state index contributed by atoms with van der Waals surface area (Å²) in [6.45, 7) is 0. The summed E-state index contributed by atoms with van der Waals surface area (Å²) in [5, 5.41) is 10.7. The number of thiophene rings is 1. The van der Waals surface area contributed by atoms with Crippen molar-refractivity contribution in [2.24, 2.45) is 0 Å². The quantitative estimate of drug-likeness (QED) is 0.819. The fourth-order valence-electron chi connectivity index (χ4n) is 1.22. The second-order valence-corrected chi connectivity index (χ2v) is 3.63. The molecule has 0 amide bonds. The average Bonchev–Trinajstić information content (AvgIpc) is 2.67. The third kappa shape index (κ3) is 1.52. The van der Waals surface area contributed by atoms with Crippen LogP contribution in [0.2, 0.25) is 0 Å². The lowest BCUT2D eigenvalue weighted by molar-refractivity contribution is 0.0703. The minimum absolute atomic E-state index is 0.359. The van der Waals surface area contributed by atoms with Gasteiger partial charge in [-0.3, -0.25) is 4.98 Å². The van der Waals surface area contributed by atoms with Crippen molar-refractivity contribution in [2.75, 3.05) is 0 Å². The number of nitrogens with zero attached hydrogens (tertiary/aromatic N) is 1. The van der Waals surface area contributed by atoms with Crippen molar-refractivity contribution in [3.63, 3.8) is 0 Å². The van der Waals surface area contributed by atoms with Gasteiger partial charge in [-0.15, -0.1) is 11.3 Å². The molecule has 0 fully saturated rings. The van der Waals surface area contributed by atoms with Crippen LogP contribution in [0.1, 0.15) is 9.67 Å². The molecule has 0 aromatic carbocycles. The molecule has 14 heavy (non-hydrogen) atoms. The molecular formula is C10H7NO2S. The summed E-state index contributed by atoms with van der Waals surface area (Å²) in [5.41, 5.74) is 1.57. The summed E-state index contributed by atoms with van der Waals surface area (Å²) in [6, 6.07) is 5.44. The highest BCUT2D eigenvalue weighted by Gasteiger charge is 2.12. The standard InChI is InChI=1S/C10H7NO2S/c12-10(13)9-8(3-5-14-9)7-2-1-4-11-6-7/h1-6H,(H,12,13). The molecule has 0 aliphatic heterocycles. The van der Waals surface area contributed by atoms with Crippen LogP contribution in [0.25, 0.3) is 11.1 Å². The Morgan fingerprint density at radius 1 is 1.43 bits per heavy atom. The van der Waals surface area contributed by atoms with Gasteiger partial charge in [0.25, 0.3) is 0 Å². The molecule has 0 spiro atoms. The van der Waals surface area contributed by atoms with Crippen LogP contribution in [0.5, 0.6) is 0 Å². The largest absolute Gasteiger partial charge is 0.477 e. The molecule has 0 radical (unpaired) electrons. The zero-order chi connectivity index (χ0) is 9.97. The van der Waals surface area contributed by atoms with Crippen molar-refractivity contribution in [1.82, 2.24) is 4.98 Å². The molecular weight excluding hydrogens is 198 g/mol. The van der Waals surface area contributed by atoms with E-state index in [4.69, 9.17) is 5.11 Å². The first-order chi connectivity index (χ1) is 6.79. The summed E-state index contributed by atoms with van der Waals surface area (Å²) in [7, 11) is 0. The molecule has 2 rings (SSSR count). The maximum atomic E-state index is 10.8. The van der Waals surface area contributed by atoms with Crippen molar-refractivity contribution in [2.45, 2.75) is 0 Å². The van der Waals surface area contributed by atoms with E-state index in [0.717, 1.165) is 11.1 Å². The summed E-state index contributed by atoms with van der Waals surface area (Å²) in [6.07, 6.45) is 3.32. The van der Waals surface area contributed by atoms with Gasteiger partial charge in [0.2, 0.25) is 0 Å². The lowest BCUT2D eigenvalue weighted by Crippen LogP contribution is -1.94. The minimum atomic E-state index is -0.890. The van der Waals surface area contributed by atoms with Crippen LogP contribution >= 0.6 is 11.3 Å². The van der Waals surface area contributed by atoms with E-state index in [1.54, 1.807) is 29.9 Å². The normalized spacial score (nSPS) is 10.0. The maximum Gasteiger partial charge on any atom is 0.346 e. The zero-order valence-electron chi connectivity index (χ0n) is 7.18. The predicted molar refractivity (Wildman–Crippen MR) is 54.5 cm³/mol. The molecule has 2 heterocycles. The molecule has 0 bridgehead atoms. The topological polar surface area (TPSA) is 50.2 Å². The van der Waals surface area contributed by atoms with Gasteiger partial charge in [0.1, 0.15) is 4.88 Å². The third-order valence-corrected chi connectivity index (χ3v) is 2.73. The van der Waals surface area contributed by atoms with Gasteiger partial charge < -0.3 is 5.11 Å². The molecule has 2 aromatic heterocycles. The highest BCUT2D eigenvalue weighted by atomic mass is 32.1. The SMILES string of the molecule is O=C(O)c1sccc1-c1cccnc1. The zero-order valence-corrected chi connectivity index (χ0v) is 7.99. The van der Waals surface area contributed by atoms with Gasteiger partial charge in [0.15, 0.2) is 0 Å². The number of carboxylic acid groups (broad SMARTS) is 1. The van der Waals surface area contributed by atoms with Crippen LogP contribution in [0.15, 0.2) is 36.0 Å². The molecule has 0 unspecified atom stereocenters. The van der Waals surface area contributed by atoms with E-state index in [1.807, 2.05) is 6.07 Å². The Morgan fingerprint density at radius 2 is 2.29 bits per heavy atom. The van der Waals surface area contributed by atoms with E-state index in [-0.39, 0.29) is 0 Å². The molecule has 2 aromatic rings. The van der Waals surface area contributed by atoms with Crippen molar-refractivity contribution in [1.29, 1.82) is 0 Å². The van der Waals surface area contributed by atoms with Gasteiger partial charge >= 0.3 is 5.97 Å². The number of hydrogen-bond acceptors (Lipinski definition) is 3. The second kappa shape index (κ2) is 3.59. The first-order valence-electron chi connectivity index (χ1n) is 4.00. The Morgan fingerprint density at radius 3 is 2.93 bits per heavy atom. The highest BCUT2D eigenvalue weighted by molar-refractivity contribution is 7.12. The van der Waals surface area contributed by atoms with Crippen molar-refractivity contribution >= 4 is 17.3 Å². The number of rotatable bonds is 2. The fourth-order valence-corrected chi connectivity index (χ4v) is 1.98. The van der Waals surface area contributed by atoms with Gasteiger partial charge in [0, 0.05) is 23.5 Å².